The van der Waals surface area contributed by atoms with Gasteiger partial charge in [-0.15, -0.1) is 0 Å². The SMILES string of the molecule is COc1ccc(S(=O)(=O)N(CC(=O)N2CCN(C/C=C/c3ccccc3)CC2)c2cc(C)cc(C)c2)cc1OC. The van der Waals surface area contributed by atoms with Crippen LogP contribution in [0.5, 0.6) is 11.5 Å². The van der Waals surface area contributed by atoms with Crippen molar-refractivity contribution >= 4 is 27.7 Å². The highest BCUT2D eigenvalue weighted by Crippen LogP contribution is 2.33. The number of carbonyl (C=O) groups is 1. The number of sulfonamides is 1. The van der Waals surface area contributed by atoms with Crippen molar-refractivity contribution in [3.05, 3.63) is 89.5 Å². The molecule has 0 aliphatic carbocycles. The Kier molecular flexibility index (Phi) is 9.50. The first-order chi connectivity index (χ1) is 19.2. The Bertz CT molecular complexity index is 1430. The summed E-state index contributed by atoms with van der Waals surface area (Å²) in [6.07, 6.45) is 4.22. The lowest BCUT2D eigenvalue weighted by atomic mass is 10.1. The highest BCUT2D eigenvalue weighted by Gasteiger charge is 2.31. The van der Waals surface area contributed by atoms with E-state index in [2.05, 4.69) is 29.2 Å². The molecule has 0 saturated carbocycles. The molecule has 1 saturated heterocycles. The number of nitrogens with zero attached hydrogens (tertiary/aromatic N) is 3. The monoisotopic (exact) mass is 563 g/mol. The largest absolute Gasteiger partial charge is 0.493 e. The maximum Gasteiger partial charge on any atom is 0.264 e. The molecule has 0 N–H and O–H groups in total. The Hall–Kier alpha value is -3.82. The first-order valence-corrected chi connectivity index (χ1v) is 14.7. The number of carbonyl (C=O) groups excluding carboxylic acids is 1. The molecule has 3 aromatic rings. The van der Waals surface area contributed by atoms with E-state index in [9.17, 15) is 13.2 Å². The minimum absolute atomic E-state index is 0.0205. The van der Waals surface area contributed by atoms with Crippen LogP contribution < -0.4 is 13.8 Å². The third-order valence-electron chi connectivity index (χ3n) is 6.91. The Balaban J connectivity index is 1.50. The maximum absolute atomic E-state index is 14.0. The molecule has 1 aliphatic rings. The van der Waals surface area contributed by atoms with Gasteiger partial charge in [-0.05, 0) is 54.8 Å². The summed E-state index contributed by atoms with van der Waals surface area (Å²) in [6.45, 7) is 6.82. The first kappa shape index (κ1) is 29.2. The second kappa shape index (κ2) is 13.0. The third-order valence-corrected chi connectivity index (χ3v) is 8.68. The summed E-state index contributed by atoms with van der Waals surface area (Å²) in [5.74, 6) is 0.488. The zero-order valence-corrected chi connectivity index (χ0v) is 24.4. The Labute approximate surface area is 237 Å². The van der Waals surface area contributed by atoms with Crippen LogP contribution in [0.25, 0.3) is 6.08 Å². The normalized spacial score (nSPS) is 14.3. The maximum atomic E-state index is 14.0. The molecule has 9 heteroatoms. The summed E-state index contributed by atoms with van der Waals surface area (Å²) in [5.41, 5.74) is 3.42. The van der Waals surface area contributed by atoms with Crippen LogP contribution in [-0.2, 0) is 14.8 Å². The van der Waals surface area contributed by atoms with E-state index in [0.717, 1.165) is 36.3 Å². The van der Waals surface area contributed by atoms with Crippen LogP contribution in [0, 0.1) is 13.8 Å². The zero-order valence-electron chi connectivity index (χ0n) is 23.5. The molecule has 1 aliphatic heterocycles. The smallest absolute Gasteiger partial charge is 0.264 e. The first-order valence-electron chi connectivity index (χ1n) is 13.3. The molecular weight excluding hydrogens is 526 g/mol. The number of amides is 1. The average molecular weight is 564 g/mol. The van der Waals surface area contributed by atoms with Gasteiger partial charge < -0.3 is 14.4 Å². The lowest BCUT2D eigenvalue weighted by Gasteiger charge is -2.35. The van der Waals surface area contributed by atoms with Crippen molar-refractivity contribution in [2.45, 2.75) is 18.7 Å². The average Bonchev–Trinajstić information content (AvgIpc) is 2.95. The summed E-state index contributed by atoms with van der Waals surface area (Å²) < 4.78 is 39.8. The number of hydrogen-bond donors (Lipinski definition) is 0. The second-order valence-electron chi connectivity index (χ2n) is 9.87. The molecule has 0 atom stereocenters. The fourth-order valence-corrected chi connectivity index (χ4v) is 6.23. The second-order valence-corrected chi connectivity index (χ2v) is 11.7. The van der Waals surface area contributed by atoms with Crippen molar-refractivity contribution < 1.29 is 22.7 Å². The number of anilines is 1. The highest BCUT2D eigenvalue weighted by molar-refractivity contribution is 7.92. The number of hydrogen-bond acceptors (Lipinski definition) is 6. The van der Waals surface area contributed by atoms with E-state index < -0.39 is 10.0 Å². The molecule has 1 amide bonds. The topological polar surface area (TPSA) is 79.4 Å². The van der Waals surface area contributed by atoms with Crippen molar-refractivity contribution in [2.75, 3.05) is 57.8 Å². The van der Waals surface area contributed by atoms with Crippen LogP contribution in [0.4, 0.5) is 5.69 Å². The molecule has 3 aromatic carbocycles. The van der Waals surface area contributed by atoms with Crippen LogP contribution in [0.1, 0.15) is 16.7 Å². The van der Waals surface area contributed by atoms with Gasteiger partial charge >= 0.3 is 0 Å². The lowest BCUT2D eigenvalue weighted by molar-refractivity contribution is -0.131. The summed E-state index contributed by atoms with van der Waals surface area (Å²) in [4.78, 5) is 17.6. The summed E-state index contributed by atoms with van der Waals surface area (Å²) in [6, 6.07) is 20.1. The molecule has 0 radical (unpaired) electrons. The number of benzene rings is 3. The number of piperazine rings is 1. The number of rotatable bonds is 10. The minimum atomic E-state index is -4.10. The molecule has 0 aromatic heterocycles. The standard InChI is InChI=1S/C31H37N3O5S/c1-24-19-25(2)21-27(20-24)34(40(36,37)28-12-13-29(38-3)30(22-28)39-4)23-31(35)33-17-15-32(16-18-33)14-8-11-26-9-6-5-7-10-26/h5-13,19-22H,14-18,23H2,1-4H3/b11-8+. The quantitative estimate of drug-likeness (QED) is 0.365. The zero-order chi connectivity index (χ0) is 28.7. The van der Waals surface area contributed by atoms with E-state index in [1.54, 1.807) is 23.1 Å². The number of aryl methyl sites for hydroxylation is 2. The van der Waals surface area contributed by atoms with Gasteiger partial charge in [0, 0.05) is 38.8 Å². The van der Waals surface area contributed by atoms with Crippen LogP contribution >= 0.6 is 0 Å². The predicted octanol–water partition coefficient (Wildman–Crippen LogP) is 4.37. The van der Waals surface area contributed by atoms with Gasteiger partial charge in [-0.3, -0.25) is 14.0 Å². The van der Waals surface area contributed by atoms with E-state index in [1.165, 1.54) is 30.7 Å². The summed E-state index contributed by atoms with van der Waals surface area (Å²) in [5, 5.41) is 0. The third kappa shape index (κ3) is 7.03. The predicted molar refractivity (Wildman–Crippen MR) is 158 cm³/mol. The van der Waals surface area contributed by atoms with E-state index in [1.807, 2.05) is 38.1 Å². The molecule has 1 heterocycles. The molecule has 0 unspecified atom stereocenters. The van der Waals surface area contributed by atoms with Gasteiger partial charge in [-0.2, -0.15) is 0 Å². The van der Waals surface area contributed by atoms with Crippen molar-refractivity contribution in [2.24, 2.45) is 0 Å². The molecule has 0 bridgehead atoms. The fraction of sp³-hybridized carbons (Fsp3) is 0.323. The van der Waals surface area contributed by atoms with Crippen molar-refractivity contribution in [1.29, 1.82) is 0 Å². The molecule has 8 nitrogen and oxygen atoms in total. The van der Waals surface area contributed by atoms with Gasteiger partial charge in [-0.25, -0.2) is 8.42 Å². The molecular formula is C31H37N3O5S. The minimum Gasteiger partial charge on any atom is -0.493 e. The van der Waals surface area contributed by atoms with E-state index >= 15 is 0 Å². The van der Waals surface area contributed by atoms with Crippen LogP contribution in [0.15, 0.2) is 77.7 Å². The Morgan fingerprint density at radius 2 is 1.52 bits per heavy atom. The molecule has 1 fully saturated rings. The van der Waals surface area contributed by atoms with Crippen molar-refractivity contribution in [1.82, 2.24) is 9.80 Å². The van der Waals surface area contributed by atoms with Crippen LogP contribution in [0.2, 0.25) is 0 Å². The number of ether oxygens (including phenoxy) is 2. The lowest BCUT2D eigenvalue weighted by Crippen LogP contribution is -2.51. The van der Waals surface area contributed by atoms with Gasteiger partial charge in [0.2, 0.25) is 5.91 Å². The number of methoxy groups -OCH3 is 2. The molecule has 0 spiro atoms. The van der Waals surface area contributed by atoms with E-state index in [4.69, 9.17) is 9.47 Å². The van der Waals surface area contributed by atoms with Gasteiger partial charge in [0.15, 0.2) is 11.5 Å². The Morgan fingerprint density at radius 3 is 2.15 bits per heavy atom. The summed E-state index contributed by atoms with van der Waals surface area (Å²) >= 11 is 0. The highest BCUT2D eigenvalue weighted by atomic mass is 32.2. The van der Waals surface area contributed by atoms with Crippen molar-refractivity contribution in [3.63, 3.8) is 0 Å². The molecule has 4 rings (SSSR count). The van der Waals surface area contributed by atoms with E-state index in [-0.39, 0.29) is 17.3 Å². The Morgan fingerprint density at radius 1 is 0.875 bits per heavy atom. The van der Waals surface area contributed by atoms with Crippen LogP contribution in [-0.4, -0.2) is 77.6 Å². The van der Waals surface area contributed by atoms with Gasteiger partial charge in [0.25, 0.3) is 10.0 Å². The van der Waals surface area contributed by atoms with Gasteiger partial charge in [0.05, 0.1) is 24.8 Å². The van der Waals surface area contributed by atoms with Gasteiger partial charge in [0.1, 0.15) is 6.54 Å². The summed E-state index contributed by atoms with van der Waals surface area (Å²) in [7, 11) is -1.15. The molecule has 212 valence electrons. The fourth-order valence-electron chi connectivity index (χ4n) is 4.82. The molecule has 40 heavy (non-hydrogen) atoms. The van der Waals surface area contributed by atoms with E-state index in [0.29, 0.717) is 30.3 Å². The van der Waals surface area contributed by atoms with Crippen LogP contribution in [0.3, 0.4) is 0 Å². The van der Waals surface area contributed by atoms with Gasteiger partial charge in [-0.1, -0.05) is 48.6 Å². The van der Waals surface area contributed by atoms with Crippen molar-refractivity contribution in [3.8, 4) is 11.5 Å².